The Morgan fingerprint density at radius 2 is 2.08 bits per heavy atom. The van der Waals surface area contributed by atoms with E-state index < -0.39 is 0 Å². The number of hydrogen-bond acceptors (Lipinski definition) is 3. The summed E-state index contributed by atoms with van der Waals surface area (Å²) >= 11 is 0. The summed E-state index contributed by atoms with van der Waals surface area (Å²) in [6.45, 7) is 1.20. The standard InChI is InChI=1S/C9H19N3/c1-11(2)7-4-6-5-12(3)9(7)8(6)10/h6-9H,4-5,10H2,1-3H3. The zero-order valence-electron chi connectivity index (χ0n) is 8.20. The molecule has 1 aliphatic heterocycles. The van der Waals surface area contributed by atoms with Gasteiger partial charge < -0.3 is 10.6 Å². The molecule has 4 unspecified atom stereocenters. The Hall–Kier alpha value is -0.120. The van der Waals surface area contributed by atoms with Gasteiger partial charge in [0.1, 0.15) is 0 Å². The first-order valence-corrected chi connectivity index (χ1v) is 4.73. The van der Waals surface area contributed by atoms with E-state index in [2.05, 4.69) is 30.9 Å². The number of piperidine rings is 1. The van der Waals surface area contributed by atoms with Crippen molar-refractivity contribution in [2.75, 3.05) is 27.7 Å². The topological polar surface area (TPSA) is 32.5 Å². The lowest BCUT2D eigenvalue weighted by Gasteiger charge is -2.34. The zero-order valence-corrected chi connectivity index (χ0v) is 8.20. The molecule has 0 aromatic carbocycles. The largest absolute Gasteiger partial charge is 0.326 e. The summed E-state index contributed by atoms with van der Waals surface area (Å²) in [5.74, 6) is 0.743. The fourth-order valence-electron chi connectivity index (χ4n) is 2.93. The van der Waals surface area contributed by atoms with Crippen LogP contribution in [0.3, 0.4) is 0 Å². The average molecular weight is 169 g/mol. The van der Waals surface area contributed by atoms with E-state index in [1.54, 1.807) is 0 Å². The molecule has 2 fully saturated rings. The summed E-state index contributed by atoms with van der Waals surface area (Å²) in [6.07, 6.45) is 1.29. The Morgan fingerprint density at radius 1 is 1.42 bits per heavy atom. The van der Waals surface area contributed by atoms with Crippen molar-refractivity contribution in [3.8, 4) is 0 Å². The maximum absolute atomic E-state index is 6.13. The van der Waals surface area contributed by atoms with Crippen LogP contribution in [0.2, 0.25) is 0 Å². The molecule has 2 N–H and O–H groups in total. The van der Waals surface area contributed by atoms with Gasteiger partial charge in [-0.2, -0.15) is 0 Å². The predicted octanol–water partition coefficient (Wildman–Crippen LogP) is -0.422. The number of nitrogens with two attached hydrogens (primary N) is 1. The van der Waals surface area contributed by atoms with E-state index in [1.165, 1.54) is 13.0 Å². The molecule has 2 aliphatic rings. The van der Waals surface area contributed by atoms with Crippen LogP contribution in [0.15, 0.2) is 0 Å². The molecule has 2 rings (SSSR count). The number of rotatable bonds is 1. The molecule has 0 amide bonds. The summed E-state index contributed by atoms with van der Waals surface area (Å²) < 4.78 is 0. The fraction of sp³-hybridized carbons (Fsp3) is 1.00. The fourth-order valence-corrected chi connectivity index (χ4v) is 2.93. The van der Waals surface area contributed by atoms with Gasteiger partial charge in [-0.1, -0.05) is 0 Å². The highest BCUT2D eigenvalue weighted by Gasteiger charge is 2.49. The van der Waals surface area contributed by atoms with E-state index in [-0.39, 0.29) is 0 Å². The normalized spacial score (nSPS) is 47.8. The molecule has 1 saturated carbocycles. The number of nitrogens with zero attached hydrogens (tertiary/aromatic N) is 2. The number of likely N-dealkylation sites (tertiary alicyclic amines) is 1. The van der Waals surface area contributed by atoms with Gasteiger partial charge in [-0.05, 0) is 33.5 Å². The summed E-state index contributed by atoms with van der Waals surface area (Å²) in [7, 11) is 6.51. The Morgan fingerprint density at radius 3 is 2.42 bits per heavy atom. The van der Waals surface area contributed by atoms with Gasteiger partial charge in [0.2, 0.25) is 0 Å². The third kappa shape index (κ3) is 1.00. The van der Waals surface area contributed by atoms with Crippen LogP contribution >= 0.6 is 0 Å². The third-order valence-electron chi connectivity index (χ3n) is 3.57. The molecule has 1 heterocycles. The monoisotopic (exact) mass is 169 g/mol. The highest BCUT2D eigenvalue weighted by atomic mass is 15.3. The van der Waals surface area contributed by atoms with Gasteiger partial charge >= 0.3 is 0 Å². The third-order valence-corrected chi connectivity index (χ3v) is 3.57. The minimum absolute atomic E-state index is 0.419. The zero-order chi connectivity index (χ0) is 8.88. The molecule has 3 nitrogen and oxygen atoms in total. The van der Waals surface area contributed by atoms with Crippen molar-refractivity contribution >= 4 is 0 Å². The van der Waals surface area contributed by atoms with E-state index in [4.69, 9.17) is 5.73 Å². The molecular formula is C9H19N3. The maximum atomic E-state index is 6.13. The molecule has 70 valence electrons. The molecular weight excluding hydrogens is 150 g/mol. The molecule has 2 bridgehead atoms. The van der Waals surface area contributed by atoms with Gasteiger partial charge in [0, 0.05) is 24.7 Å². The van der Waals surface area contributed by atoms with E-state index in [1.807, 2.05) is 0 Å². The number of likely N-dealkylation sites (N-methyl/N-ethyl adjacent to an activating group) is 2. The van der Waals surface area contributed by atoms with Crippen LogP contribution in [0, 0.1) is 5.92 Å². The minimum atomic E-state index is 0.419. The Kier molecular flexibility index (Phi) is 1.90. The van der Waals surface area contributed by atoms with Crippen molar-refractivity contribution in [2.45, 2.75) is 24.5 Å². The van der Waals surface area contributed by atoms with E-state index >= 15 is 0 Å². The lowest BCUT2D eigenvalue weighted by atomic mass is 10.1. The lowest BCUT2D eigenvalue weighted by molar-refractivity contribution is 0.139. The van der Waals surface area contributed by atoms with Crippen LogP contribution in [-0.4, -0.2) is 55.6 Å². The summed E-state index contributed by atoms with van der Waals surface area (Å²) in [6, 6.07) is 1.70. The van der Waals surface area contributed by atoms with Crippen molar-refractivity contribution in [3.05, 3.63) is 0 Å². The predicted molar refractivity (Wildman–Crippen MR) is 50.0 cm³/mol. The van der Waals surface area contributed by atoms with Crippen LogP contribution in [-0.2, 0) is 0 Å². The first-order chi connectivity index (χ1) is 5.61. The van der Waals surface area contributed by atoms with E-state index in [9.17, 15) is 0 Å². The first-order valence-electron chi connectivity index (χ1n) is 4.73. The van der Waals surface area contributed by atoms with E-state index in [0.717, 1.165) is 5.92 Å². The molecule has 3 heteroatoms. The molecule has 1 saturated heterocycles. The molecule has 12 heavy (non-hydrogen) atoms. The summed E-state index contributed by atoms with van der Waals surface area (Å²) in [5.41, 5.74) is 6.13. The highest BCUT2D eigenvalue weighted by Crippen LogP contribution is 2.37. The molecule has 0 aromatic heterocycles. The Balaban J connectivity index is 2.14. The smallest absolute Gasteiger partial charge is 0.0402 e. The van der Waals surface area contributed by atoms with Crippen molar-refractivity contribution < 1.29 is 0 Å². The van der Waals surface area contributed by atoms with Crippen LogP contribution < -0.4 is 5.73 Å². The second-order valence-corrected chi connectivity index (χ2v) is 4.53. The van der Waals surface area contributed by atoms with Crippen molar-refractivity contribution in [3.63, 3.8) is 0 Å². The summed E-state index contributed by atoms with van der Waals surface area (Å²) in [5, 5.41) is 0. The van der Waals surface area contributed by atoms with Crippen molar-refractivity contribution in [1.29, 1.82) is 0 Å². The number of hydrogen-bond donors (Lipinski definition) is 1. The van der Waals surface area contributed by atoms with Crippen LogP contribution in [0.4, 0.5) is 0 Å². The van der Waals surface area contributed by atoms with Crippen LogP contribution in [0.5, 0.6) is 0 Å². The molecule has 0 aromatic rings. The second kappa shape index (κ2) is 2.69. The first kappa shape index (κ1) is 8.48. The summed E-state index contributed by atoms with van der Waals surface area (Å²) in [4.78, 5) is 4.74. The average Bonchev–Trinajstić information content (AvgIpc) is 2.42. The second-order valence-electron chi connectivity index (χ2n) is 4.53. The molecule has 1 aliphatic carbocycles. The Labute approximate surface area is 74.5 Å². The van der Waals surface area contributed by atoms with Gasteiger partial charge in [-0.3, -0.25) is 4.90 Å². The van der Waals surface area contributed by atoms with E-state index in [0.29, 0.717) is 18.1 Å². The van der Waals surface area contributed by atoms with Crippen LogP contribution in [0.1, 0.15) is 6.42 Å². The minimum Gasteiger partial charge on any atom is -0.326 e. The maximum Gasteiger partial charge on any atom is 0.0402 e. The quantitative estimate of drug-likeness (QED) is 0.578. The molecule has 0 radical (unpaired) electrons. The molecule has 4 atom stereocenters. The lowest BCUT2D eigenvalue weighted by Crippen LogP contribution is -2.49. The van der Waals surface area contributed by atoms with Gasteiger partial charge in [0.25, 0.3) is 0 Å². The highest BCUT2D eigenvalue weighted by molar-refractivity contribution is 5.08. The molecule has 0 spiro atoms. The van der Waals surface area contributed by atoms with Gasteiger partial charge in [-0.15, -0.1) is 0 Å². The van der Waals surface area contributed by atoms with Gasteiger partial charge in [0.05, 0.1) is 0 Å². The van der Waals surface area contributed by atoms with Crippen molar-refractivity contribution in [1.82, 2.24) is 9.80 Å². The van der Waals surface area contributed by atoms with Gasteiger partial charge in [-0.25, -0.2) is 0 Å². The van der Waals surface area contributed by atoms with Crippen LogP contribution in [0.25, 0.3) is 0 Å². The van der Waals surface area contributed by atoms with Gasteiger partial charge in [0.15, 0.2) is 0 Å². The SMILES string of the molecule is CN(C)C1CC2CN(C)C1C2N. The number of fused-ring (bicyclic) bond motifs is 2. The van der Waals surface area contributed by atoms with Crippen molar-refractivity contribution in [2.24, 2.45) is 11.7 Å². The Bertz CT molecular complexity index is 181.